The molecule has 2 heterocycles. The number of rotatable bonds is 5. The van der Waals surface area contributed by atoms with Crippen molar-refractivity contribution in [2.45, 2.75) is 32.7 Å². The molecule has 0 aliphatic carbocycles. The van der Waals surface area contributed by atoms with Crippen LogP contribution in [0.1, 0.15) is 37.1 Å². The Kier molecular flexibility index (Phi) is 5.51. The molecular formula is C20H23N3O3. The number of benzene rings is 1. The van der Waals surface area contributed by atoms with Gasteiger partial charge in [0.05, 0.1) is 18.3 Å². The number of nitrogens with zero attached hydrogens (tertiary/aromatic N) is 2. The standard InChI is InChI=1S/C20H23N3O3/c1-14-8-10-16(11-9-14)26-19-7-3-5-17(22-19)18-6-4-12-23(18)20(25)13-21-15(2)24/h3,5,7-11,18H,4,6,12-13H2,1-2H3,(H,21,24)/t18-/m1/s1. The van der Waals surface area contributed by atoms with E-state index in [2.05, 4.69) is 10.3 Å². The van der Waals surface area contributed by atoms with Gasteiger partial charge >= 0.3 is 0 Å². The third-order valence-corrected chi connectivity index (χ3v) is 4.39. The van der Waals surface area contributed by atoms with Crippen LogP contribution < -0.4 is 10.1 Å². The molecule has 1 aliphatic rings. The minimum Gasteiger partial charge on any atom is -0.439 e. The van der Waals surface area contributed by atoms with Crippen molar-refractivity contribution in [2.75, 3.05) is 13.1 Å². The first-order valence-corrected chi connectivity index (χ1v) is 8.78. The fourth-order valence-corrected chi connectivity index (χ4v) is 3.07. The zero-order valence-electron chi connectivity index (χ0n) is 15.1. The monoisotopic (exact) mass is 353 g/mol. The number of nitrogens with one attached hydrogen (secondary N) is 1. The third kappa shape index (κ3) is 4.39. The van der Waals surface area contributed by atoms with Gasteiger partial charge in [-0.1, -0.05) is 23.8 Å². The first-order valence-electron chi connectivity index (χ1n) is 8.78. The first kappa shape index (κ1) is 17.9. The Hall–Kier alpha value is -2.89. The van der Waals surface area contributed by atoms with E-state index in [1.807, 2.05) is 49.4 Å². The number of pyridine rings is 1. The number of aromatic nitrogens is 1. The van der Waals surface area contributed by atoms with E-state index in [0.717, 1.165) is 24.3 Å². The summed E-state index contributed by atoms with van der Waals surface area (Å²) < 4.78 is 5.84. The summed E-state index contributed by atoms with van der Waals surface area (Å²) in [6.07, 6.45) is 1.77. The summed E-state index contributed by atoms with van der Waals surface area (Å²) in [5.74, 6) is 0.938. The molecule has 1 aliphatic heterocycles. The Morgan fingerprint density at radius 2 is 2.00 bits per heavy atom. The second kappa shape index (κ2) is 7.99. The van der Waals surface area contributed by atoms with Crippen molar-refractivity contribution in [3.8, 4) is 11.6 Å². The Balaban J connectivity index is 1.72. The topological polar surface area (TPSA) is 71.5 Å². The SMILES string of the molecule is CC(=O)NCC(=O)N1CCC[C@@H]1c1cccc(Oc2ccc(C)cc2)n1. The molecule has 1 aromatic heterocycles. The van der Waals surface area contributed by atoms with Gasteiger partial charge in [0.25, 0.3) is 0 Å². The second-order valence-electron chi connectivity index (χ2n) is 6.47. The largest absolute Gasteiger partial charge is 0.439 e. The predicted octanol–water partition coefficient (Wildman–Crippen LogP) is 2.98. The van der Waals surface area contributed by atoms with E-state index < -0.39 is 0 Å². The van der Waals surface area contributed by atoms with Crippen molar-refractivity contribution in [3.63, 3.8) is 0 Å². The minimum atomic E-state index is -0.208. The lowest BCUT2D eigenvalue weighted by Gasteiger charge is -2.24. The van der Waals surface area contributed by atoms with Gasteiger partial charge in [-0.2, -0.15) is 0 Å². The van der Waals surface area contributed by atoms with Crippen LogP contribution in [0.5, 0.6) is 11.6 Å². The van der Waals surface area contributed by atoms with Gasteiger partial charge in [-0.15, -0.1) is 0 Å². The molecular weight excluding hydrogens is 330 g/mol. The van der Waals surface area contributed by atoms with Crippen LogP contribution in [0.25, 0.3) is 0 Å². The molecule has 2 amide bonds. The summed E-state index contributed by atoms with van der Waals surface area (Å²) in [7, 11) is 0. The van der Waals surface area contributed by atoms with Crippen LogP contribution in [0, 0.1) is 6.92 Å². The van der Waals surface area contributed by atoms with Crippen LogP contribution in [0.4, 0.5) is 0 Å². The molecule has 0 spiro atoms. The molecule has 0 saturated carbocycles. The molecule has 0 unspecified atom stereocenters. The van der Waals surface area contributed by atoms with Crippen LogP contribution in [-0.2, 0) is 9.59 Å². The molecule has 136 valence electrons. The van der Waals surface area contributed by atoms with Gasteiger partial charge in [0, 0.05) is 19.5 Å². The van der Waals surface area contributed by atoms with Crippen LogP contribution in [0.3, 0.4) is 0 Å². The Labute approximate surface area is 153 Å². The van der Waals surface area contributed by atoms with Gasteiger partial charge in [-0.05, 0) is 38.0 Å². The minimum absolute atomic E-state index is 0.0192. The van der Waals surface area contributed by atoms with Crippen molar-refractivity contribution < 1.29 is 14.3 Å². The maximum atomic E-state index is 12.4. The summed E-state index contributed by atoms with van der Waals surface area (Å²) in [5.41, 5.74) is 1.97. The molecule has 3 rings (SSSR count). The number of carbonyl (C=O) groups is 2. The van der Waals surface area contributed by atoms with E-state index in [9.17, 15) is 9.59 Å². The highest BCUT2D eigenvalue weighted by Gasteiger charge is 2.30. The number of hydrogen-bond donors (Lipinski definition) is 1. The lowest BCUT2D eigenvalue weighted by molar-refractivity contribution is -0.133. The highest BCUT2D eigenvalue weighted by atomic mass is 16.5. The van der Waals surface area contributed by atoms with E-state index in [1.54, 1.807) is 4.90 Å². The van der Waals surface area contributed by atoms with Gasteiger partial charge in [0.2, 0.25) is 17.7 Å². The quantitative estimate of drug-likeness (QED) is 0.897. The molecule has 1 aromatic carbocycles. The van der Waals surface area contributed by atoms with Crippen LogP contribution in [-0.4, -0.2) is 34.8 Å². The highest BCUT2D eigenvalue weighted by Crippen LogP contribution is 2.32. The summed E-state index contributed by atoms with van der Waals surface area (Å²) >= 11 is 0. The summed E-state index contributed by atoms with van der Waals surface area (Å²) in [6, 6.07) is 13.3. The van der Waals surface area contributed by atoms with E-state index in [-0.39, 0.29) is 24.4 Å². The summed E-state index contributed by atoms with van der Waals surface area (Å²) in [6.45, 7) is 4.12. The number of aryl methyl sites for hydroxylation is 1. The maximum absolute atomic E-state index is 12.4. The fourth-order valence-electron chi connectivity index (χ4n) is 3.07. The second-order valence-corrected chi connectivity index (χ2v) is 6.47. The average molecular weight is 353 g/mol. The number of carbonyl (C=O) groups excluding carboxylic acids is 2. The zero-order chi connectivity index (χ0) is 18.5. The molecule has 26 heavy (non-hydrogen) atoms. The van der Waals surface area contributed by atoms with Crippen LogP contribution >= 0.6 is 0 Å². The third-order valence-electron chi connectivity index (χ3n) is 4.39. The van der Waals surface area contributed by atoms with E-state index in [0.29, 0.717) is 12.4 Å². The molecule has 0 radical (unpaired) electrons. The Morgan fingerprint density at radius 3 is 2.73 bits per heavy atom. The molecule has 6 nitrogen and oxygen atoms in total. The molecule has 1 fully saturated rings. The van der Waals surface area contributed by atoms with Crippen molar-refractivity contribution in [1.82, 2.24) is 15.2 Å². The van der Waals surface area contributed by atoms with Crippen molar-refractivity contribution in [2.24, 2.45) is 0 Å². The molecule has 1 atom stereocenters. The predicted molar refractivity (Wildman–Crippen MR) is 97.9 cm³/mol. The fraction of sp³-hybridized carbons (Fsp3) is 0.350. The molecule has 2 aromatic rings. The normalized spacial score (nSPS) is 16.4. The van der Waals surface area contributed by atoms with Crippen molar-refractivity contribution in [3.05, 3.63) is 53.7 Å². The summed E-state index contributed by atoms with van der Waals surface area (Å²) in [4.78, 5) is 29.8. The Morgan fingerprint density at radius 1 is 1.23 bits per heavy atom. The van der Waals surface area contributed by atoms with Gasteiger partial charge in [0.1, 0.15) is 5.75 Å². The molecule has 6 heteroatoms. The molecule has 1 N–H and O–H groups in total. The van der Waals surface area contributed by atoms with Crippen molar-refractivity contribution >= 4 is 11.8 Å². The average Bonchev–Trinajstić information content (AvgIpc) is 3.12. The maximum Gasteiger partial charge on any atom is 0.242 e. The van der Waals surface area contributed by atoms with Crippen molar-refractivity contribution in [1.29, 1.82) is 0 Å². The van der Waals surface area contributed by atoms with Crippen LogP contribution in [0.15, 0.2) is 42.5 Å². The number of hydrogen-bond acceptors (Lipinski definition) is 4. The summed E-state index contributed by atoms with van der Waals surface area (Å²) in [5, 5.41) is 2.57. The van der Waals surface area contributed by atoms with Gasteiger partial charge in [-0.3, -0.25) is 9.59 Å². The van der Waals surface area contributed by atoms with Gasteiger partial charge in [0.15, 0.2) is 0 Å². The van der Waals surface area contributed by atoms with Gasteiger partial charge in [-0.25, -0.2) is 4.98 Å². The number of ether oxygens (including phenoxy) is 1. The van der Waals surface area contributed by atoms with E-state index in [4.69, 9.17) is 4.74 Å². The number of amides is 2. The van der Waals surface area contributed by atoms with Gasteiger partial charge < -0.3 is 15.0 Å². The zero-order valence-corrected chi connectivity index (χ0v) is 15.1. The molecule has 1 saturated heterocycles. The van der Waals surface area contributed by atoms with Crippen LogP contribution in [0.2, 0.25) is 0 Å². The Bertz CT molecular complexity index is 789. The number of likely N-dealkylation sites (tertiary alicyclic amines) is 1. The van der Waals surface area contributed by atoms with E-state index >= 15 is 0 Å². The smallest absolute Gasteiger partial charge is 0.242 e. The lowest BCUT2D eigenvalue weighted by atomic mass is 10.1. The molecule has 0 bridgehead atoms. The first-order chi connectivity index (χ1) is 12.5. The highest BCUT2D eigenvalue weighted by molar-refractivity contribution is 5.84. The lowest BCUT2D eigenvalue weighted by Crippen LogP contribution is -2.39. The van der Waals surface area contributed by atoms with E-state index in [1.165, 1.54) is 12.5 Å².